The largest absolute Gasteiger partial charge is 0.416 e. The molecule has 1 unspecified atom stereocenters. The molecular formula is C19H23F3N2O2. The van der Waals surface area contributed by atoms with Crippen molar-refractivity contribution in [3.63, 3.8) is 0 Å². The van der Waals surface area contributed by atoms with Crippen LogP contribution < -0.4 is 10.6 Å². The summed E-state index contributed by atoms with van der Waals surface area (Å²) in [6.07, 6.45) is -0.940. The molecule has 4 nitrogen and oxygen atoms in total. The van der Waals surface area contributed by atoms with Gasteiger partial charge < -0.3 is 10.6 Å². The Bertz CT molecular complexity index is 724. The lowest BCUT2D eigenvalue weighted by atomic mass is 9.68. The minimum Gasteiger partial charge on any atom is -0.350 e. The smallest absolute Gasteiger partial charge is 0.350 e. The van der Waals surface area contributed by atoms with Crippen molar-refractivity contribution in [2.24, 2.45) is 0 Å². The predicted octanol–water partition coefficient (Wildman–Crippen LogP) is 3.30. The molecule has 3 rings (SSSR count). The van der Waals surface area contributed by atoms with Crippen LogP contribution >= 0.6 is 0 Å². The van der Waals surface area contributed by atoms with Gasteiger partial charge in [0.1, 0.15) is 0 Å². The summed E-state index contributed by atoms with van der Waals surface area (Å²) in [6, 6.07) is 4.70. The number of nitrogens with one attached hydrogen (secondary N) is 2. The molecule has 26 heavy (non-hydrogen) atoms. The fourth-order valence-electron chi connectivity index (χ4n) is 3.77. The van der Waals surface area contributed by atoms with Crippen LogP contribution in [0, 0.1) is 0 Å². The summed E-state index contributed by atoms with van der Waals surface area (Å²) < 4.78 is 38.9. The first-order chi connectivity index (χ1) is 12.0. The second kappa shape index (κ2) is 6.28. The minimum atomic E-state index is -4.45. The lowest BCUT2D eigenvalue weighted by Crippen LogP contribution is -2.69. The standard InChI is InChI=1S/C19H23F3N2O2/c1-17(2,12-5-3-6-13(11-12)19(20,21)22)16(26)23-14-7-8-15(25)24-18(14)9-4-10-18/h3,5-6,11,14H,4,7-10H2,1-2H3,(H,23,26)(H,24,25). The van der Waals surface area contributed by atoms with Crippen molar-refractivity contribution in [1.82, 2.24) is 10.6 Å². The van der Waals surface area contributed by atoms with Crippen molar-refractivity contribution in [1.29, 1.82) is 0 Å². The van der Waals surface area contributed by atoms with Gasteiger partial charge in [-0.1, -0.05) is 18.2 Å². The van der Waals surface area contributed by atoms with E-state index < -0.39 is 22.7 Å². The maximum atomic E-state index is 13.0. The Morgan fingerprint density at radius 3 is 2.46 bits per heavy atom. The normalized spacial score (nSPS) is 22.5. The van der Waals surface area contributed by atoms with Crippen molar-refractivity contribution in [2.75, 3.05) is 0 Å². The second-order valence-electron chi connectivity index (χ2n) is 7.83. The summed E-state index contributed by atoms with van der Waals surface area (Å²) in [6.45, 7) is 3.24. The molecule has 2 amide bonds. The topological polar surface area (TPSA) is 58.2 Å². The van der Waals surface area contributed by atoms with Crippen LogP contribution in [0.4, 0.5) is 13.2 Å². The first kappa shape index (κ1) is 18.7. The number of carbonyl (C=O) groups is 2. The van der Waals surface area contributed by atoms with Gasteiger partial charge in [-0.25, -0.2) is 0 Å². The van der Waals surface area contributed by atoms with E-state index in [9.17, 15) is 22.8 Å². The molecule has 0 radical (unpaired) electrons. The van der Waals surface area contributed by atoms with Gasteiger partial charge in [-0.2, -0.15) is 13.2 Å². The van der Waals surface area contributed by atoms with E-state index in [4.69, 9.17) is 0 Å². The van der Waals surface area contributed by atoms with E-state index in [0.717, 1.165) is 31.4 Å². The average molecular weight is 368 g/mol. The Labute approximate surface area is 150 Å². The summed E-state index contributed by atoms with van der Waals surface area (Å²) >= 11 is 0. The van der Waals surface area contributed by atoms with Crippen LogP contribution in [0.1, 0.15) is 57.1 Å². The number of piperidine rings is 1. The van der Waals surface area contributed by atoms with Gasteiger partial charge in [-0.05, 0) is 51.2 Å². The Kier molecular flexibility index (Phi) is 4.53. The average Bonchev–Trinajstić information content (AvgIpc) is 2.54. The molecule has 1 heterocycles. The highest BCUT2D eigenvalue weighted by molar-refractivity contribution is 5.88. The molecular weight excluding hydrogens is 345 g/mol. The zero-order valence-corrected chi connectivity index (χ0v) is 14.9. The third kappa shape index (κ3) is 3.31. The van der Waals surface area contributed by atoms with Crippen LogP contribution in [0.15, 0.2) is 24.3 Å². The molecule has 142 valence electrons. The molecule has 1 aliphatic carbocycles. The zero-order valence-electron chi connectivity index (χ0n) is 14.9. The molecule has 1 aromatic rings. The van der Waals surface area contributed by atoms with Gasteiger partial charge in [0.15, 0.2) is 0 Å². The Morgan fingerprint density at radius 1 is 1.23 bits per heavy atom. The van der Waals surface area contributed by atoms with Crippen LogP contribution in [0.5, 0.6) is 0 Å². The van der Waals surface area contributed by atoms with E-state index in [1.807, 2.05) is 0 Å². The van der Waals surface area contributed by atoms with E-state index in [1.54, 1.807) is 13.8 Å². The SMILES string of the molecule is CC(C)(C(=O)NC1CCC(=O)NC12CCC2)c1cccc(C(F)(F)F)c1. The van der Waals surface area contributed by atoms with Crippen LogP contribution in [0.3, 0.4) is 0 Å². The zero-order chi connectivity index (χ0) is 19.2. The van der Waals surface area contributed by atoms with E-state index in [0.29, 0.717) is 18.4 Å². The fourth-order valence-corrected chi connectivity index (χ4v) is 3.77. The van der Waals surface area contributed by atoms with Crippen LogP contribution in [-0.2, 0) is 21.2 Å². The van der Waals surface area contributed by atoms with Crippen molar-refractivity contribution < 1.29 is 22.8 Å². The lowest BCUT2D eigenvalue weighted by Gasteiger charge is -2.51. The molecule has 1 saturated heterocycles. The molecule has 1 aliphatic heterocycles. The van der Waals surface area contributed by atoms with Crippen molar-refractivity contribution in [3.05, 3.63) is 35.4 Å². The number of hydrogen-bond donors (Lipinski definition) is 2. The summed E-state index contributed by atoms with van der Waals surface area (Å²) in [4.78, 5) is 24.6. The monoisotopic (exact) mass is 368 g/mol. The maximum Gasteiger partial charge on any atom is 0.416 e. The Morgan fingerprint density at radius 2 is 1.88 bits per heavy atom. The summed E-state index contributed by atoms with van der Waals surface area (Å²) in [5, 5.41) is 6.00. The molecule has 7 heteroatoms. The molecule has 0 bridgehead atoms. The third-order valence-corrected chi connectivity index (χ3v) is 5.75. The minimum absolute atomic E-state index is 0.00709. The molecule has 1 atom stereocenters. The summed E-state index contributed by atoms with van der Waals surface area (Å²) in [5.41, 5.74) is -1.97. The predicted molar refractivity (Wildman–Crippen MR) is 90.4 cm³/mol. The number of amides is 2. The molecule has 0 aromatic heterocycles. The Balaban J connectivity index is 1.79. The highest BCUT2D eigenvalue weighted by atomic mass is 19.4. The van der Waals surface area contributed by atoms with Gasteiger partial charge in [0, 0.05) is 6.42 Å². The first-order valence-electron chi connectivity index (χ1n) is 8.84. The maximum absolute atomic E-state index is 13.0. The molecule has 1 aromatic carbocycles. The van der Waals surface area contributed by atoms with Crippen LogP contribution in [0.2, 0.25) is 0 Å². The Hall–Kier alpha value is -2.05. The third-order valence-electron chi connectivity index (χ3n) is 5.75. The molecule has 2 N–H and O–H groups in total. The number of carbonyl (C=O) groups excluding carboxylic acids is 2. The number of rotatable bonds is 3. The van der Waals surface area contributed by atoms with Gasteiger partial charge in [0.05, 0.1) is 22.6 Å². The fraction of sp³-hybridized carbons (Fsp3) is 0.579. The summed E-state index contributed by atoms with van der Waals surface area (Å²) in [7, 11) is 0. The second-order valence-corrected chi connectivity index (χ2v) is 7.83. The van der Waals surface area contributed by atoms with Crippen LogP contribution in [-0.4, -0.2) is 23.4 Å². The number of alkyl halides is 3. The van der Waals surface area contributed by atoms with Crippen molar-refractivity contribution >= 4 is 11.8 Å². The first-order valence-corrected chi connectivity index (χ1v) is 8.84. The number of halogens is 3. The number of benzene rings is 1. The van der Waals surface area contributed by atoms with Gasteiger partial charge in [0.2, 0.25) is 11.8 Å². The van der Waals surface area contributed by atoms with Crippen molar-refractivity contribution in [2.45, 2.75) is 69.1 Å². The van der Waals surface area contributed by atoms with Gasteiger partial charge in [-0.3, -0.25) is 9.59 Å². The highest BCUT2D eigenvalue weighted by Crippen LogP contribution is 2.39. The molecule has 2 aliphatic rings. The van der Waals surface area contributed by atoms with E-state index in [-0.39, 0.29) is 17.9 Å². The lowest BCUT2D eigenvalue weighted by molar-refractivity contribution is -0.138. The van der Waals surface area contributed by atoms with Crippen molar-refractivity contribution in [3.8, 4) is 0 Å². The molecule has 1 saturated carbocycles. The van der Waals surface area contributed by atoms with Gasteiger partial charge in [0.25, 0.3) is 0 Å². The van der Waals surface area contributed by atoms with E-state index >= 15 is 0 Å². The van der Waals surface area contributed by atoms with E-state index in [2.05, 4.69) is 10.6 Å². The van der Waals surface area contributed by atoms with E-state index in [1.165, 1.54) is 12.1 Å². The van der Waals surface area contributed by atoms with Gasteiger partial charge in [-0.15, -0.1) is 0 Å². The van der Waals surface area contributed by atoms with Crippen LogP contribution in [0.25, 0.3) is 0 Å². The summed E-state index contributed by atoms with van der Waals surface area (Å²) in [5.74, 6) is -0.336. The number of hydrogen-bond acceptors (Lipinski definition) is 2. The molecule has 1 spiro atoms. The molecule has 2 fully saturated rings. The van der Waals surface area contributed by atoms with Gasteiger partial charge >= 0.3 is 6.18 Å². The quantitative estimate of drug-likeness (QED) is 0.860. The highest BCUT2D eigenvalue weighted by Gasteiger charge is 2.49.